The first-order valence-electron chi connectivity index (χ1n) is 4.61. The third-order valence-corrected chi connectivity index (χ3v) is 2.93. The Kier molecular flexibility index (Phi) is 5.61. The third-order valence-electron chi connectivity index (χ3n) is 1.75. The van der Waals surface area contributed by atoms with Crippen molar-refractivity contribution in [3.8, 4) is 5.75 Å². The minimum atomic E-state index is -4.67. The van der Waals surface area contributed by atoms with Crippen LogP contribution in [0.3, 0.4) is 0 Å². The number of carbonyl (C=O) groups is 1. The largest absolute Gasteiger partial charge is 0.522 e. The molecule has 0 N–H and O–H groups in total. The molecule has 0 spiro atoms. The van der Waals surface area contributed by atoms with Crippen LogP contribution in [0.15, 0.2) is 21.1 Å². The standard InChI is InChI=1S/C10H7Br2F3O3/c11-7-3-6(5-16)4-8(12)9(7)17-1-2-18-10(13,14)15/h3-5H,1-2H2. The van der Waals surface area contributed by atoms with Crippen LogP contribution in [0, 0.1) is 0 Å². The molecule has 0 saturated heterocycles. The second-order valence-corrected chi connectivity index (χ2v) is 4.78. The Morgan fingerprint density at radius 2 is 1.72 bits per heavy atom. The van der Waals surface area contributed by atoms with Gasteiger partial charge in [-0.05, 0) is 44.0 Å². The van der Waals surface area contributed by atoms with Crippen LogP contribution in [0.25, 0.3) is 0 Å². The molecule has 0 aliphatic carbocycles. The molecular weight excluding hydrogens is 385 g/mol. The number of carbonyl (C=O) groups excluding carboxylic acids is 1. The number of hydrogen-bond donors (Lipinski definition) is 0. The second-order valence-electron chi connectivity index (χ2n) is 3.07. The summed E-state index contributed by atoms with van der Waals surface area (Å²) in [6.07, 6.45) is -4.02. The van der Waals surface area contributed by atoms with Gasteiger partial charge in [-0.2, -0.15) is 0 Å². The van der Waals surface area contributed by atoms with Crippen LogP contribution in [0.4, 0.5) is 13.2 Å². The molecule has 0 bridgehead atoms. The summed E-state index contributed by atoms with van der Waals surface area (Å²) in [5, 5.41) is 0. The molecule has 0 radical (unpaired) electrons. The first kappa shape index (κ1) is 15.5. The number of halogens is 5. The van der Waals surface area contributed by atoms with E-state index in [9.17, 15) is 18.0 Å². The molecule has 0 unspecified atom stereocenters. The Hall–Kier alpha value is -0.600. The maximum Gasteiger partial charge on any atom is 0.522 e. The van der Waals surface area contributed by atoms with Gasteiger partial charge in [0.15, 0.2) is 0 Å². The quantitative estimate of drug-likeness (QED) is 0.563. The molecule has 0 heterocycles. The zero-order valence-electron chi connectivity index (χ0n) is 8.76. The van der Waals surface area contributed by atoms with E-state index < -0.39 is 13.0 Å². The van der Waals surface area contributed by atoms with E-state index >= 15 is 0 Å². The minimum Gasteiger partial charge on any atom is -0.489 e. The lowest BCUT2D eigenvalue weighted by molar-refractivity contribution is -0.325. The summed E-state index contributed by atoms with van der Waals surface area (Å²) in [6, 6.07) is 3.00. The molecule has 0 saturated carbocycles. The number of rotatable bonds is 5. The fraction of sp³-hybridized carbons (Fsp3) is 0.300. The third kappa shape index (κ3) is 4.95. The molecule has 0 aromatic heterocycles. The average Bonchev–Trinajstić information content (AvgIpc) is 2.25. The summed E-state index contributed by atoms with van der Waals surface area (Å²) in [5.41, 5.74) is 0.410. The number of alkyl halides is 3. The molecule has 0 fully saturated rings. The van der Waals surface area contributed by atoms with E-state index in [1.165, 1.54) is 12.1 Å². The molecule has 8 heteroatoms. The Balaban J connectivity index is 2.60. The molecule has 100 valence electrons. The van der Waals surface area contributed by atoms with Crippen LogP contribution in [-0.2, 0) is 4.74 Å². The van der Waals surface area contributed by atoms with Crippen molar-refractivity contribution < 1.29 is 27.4 Å². The van der Waals surface area contributed by atoms with Crippen molar-refractivity contribution in [2.75, 3.05) is 13.2 Å². The van der Waals surface area contributed by atoms with Gasteiger partial charge in [0.2, 0.25) is 0 Å². The Bertz CT molecular complexity index is 412. The highest BCUT2D eigenvalue weighted by molar-refractivity contribution is 9.11. The van der Waals surface area contributed by atoms with Crippen LogP contribution in [0.2, 0.25) is 0 Å². The lowest BCUT2D eigenvalue weighted by atomic mass is 10.2. The molecule has 3 nitrogen and oxygen atoms in total. The zero-order chi connectivity index (χ0) is 13.8. The summed E-state index contributed by atoms with van der Waals surface area (Å²) >= 11 is 6.31. The summed E-state index contributed by atoms with van der Waals surface area (Å²) in [7, 11) is 0. The highest BCUT2D eigenvalue weighted by Crippen LogP contribution is 2.34. The van der Waals surface area contributed by atoms with Gasteiger partial charge in [-0.1, -0.05) is 0 Å². The van der Waals surface area contributed by atoms with Gasteiger partial charge in [-0.3, -0.25) is 9.53 Å². The fourth-order valence-corrected chi connectivity index (χ4v) is 2.54. The van der Waals surface area contributed by atoms with Gasteiger partial charge < -0.3 is 4.74 Å². The van der Waals surface area contributed by atoms with Crippen molar-refractivity contribution in [2.45, 2.75) is 6.36 Å². The number of benzene rings is 1. The lowest BCUT2D eigenvalue weighted by Crippen LogP contribution is -2.18. The van der Waals surface area contributed by atoms with E-state index in [1.54, 1.807) is 0 Å². The highest BCUT2D eigenvalue weighted by atomic mass is 79.9. The van der Waals surface area contributed by atoms with Crippen molar-refractivity contribution in [1.29, 1.82) is 0 Å². The van der Waals surface area contributed by atoms with E-state index in [0.717, 1.165) is 0 Å². The molecule has 0 aliphatic rings. The maximum atomic E-state index is 11.7. The normalized spacial score (nSPS) is 11.4. The molecule has 18 heavy (non-hydrogen) atoms. The van der Waals surface area contributed by atoms with Crippen LogP contribution in [0.1, 0.15) is 10.4 Å². The first-order chi connectivity index (χ1) is 8.33. The Labute approximate surface area is 118 Å². The highest BCUT2D eigenvalue weighted by Gasteiger charge is 2.28. The van der Waals surface area contributed by atoms with E-state index in [1.807, 2.05) is 0 Å². The van der Waals surface area contributed by atoms with Gasteiger partial charge in [-0.25, -0.2) is 0 Å². The minimum absolute atomic E-state index is 0.267. The molecule has 0 amide bonds. The Morgan fingerprint density at radius 3 is 2.17 bits per heavy atom. The predicted molar refractivity (Wildman–Crippen MR) is 64.7 cm³/mol. The van der Waals surface area contributed by atoms with Crippen LogP contribution < -0.4 is 4.74 Å². The molecule has 0 aliphatic heterocycles. The number of aldehydes is 1. The van der Waals surface area contributed by atoms with E-state index in [0.29, 0.717) is 26.5 Å². The van der Waals surface area contributed by atoms with Gasteiger partial charge in [-0.15, -0.1) is 13.2 Å². The summed E-state index contributed by atoms with van der Waals surface area (Å²) in [5.74, 6) is 0.311. The van der Waals surface area contributed by atoms with Gasteiger partial charge in [0, 0.05) is 5.56 Å². The summed E-state index contributed by atoms with van der Waals surface area (Å²) in [4.78, 5) is 10.6. The van der Waals surface area contributed by atoms with Gasteiger partial charge in [0.25, 0.3) is 0 Å². The van der Waals surface area contributed by atoms with Gasteiger partial charge in [0.05, 0.1) is 15.6 Å². The number of ether oxygens (including phenoxy) is 2. The van der Waals surface area contributed by atoms with Crippen molar-refractivity contribution >= 4 is 38.1 Å². The second kappa shape index (κ2) is 6.53. The van der Waals surface area contributed by atoms with Crippen molar-refractivity contribution in [3.05, 3.63) is 26.6 Å². The van der Waals surface area contributed by atoms with Crippen LogP contribution in [-0.4, -0.2) is 25.9 Å². The van der Waals surface area contributed by atoms with E-state index in [-0.39, 0.29) is 6.61 Å². The molecule has 1 rings (SSSR count). The van der Waals surface area contributed by atoms with E-state index in [2.05, 4.69) is 36.6 Å². The zero-order valence-corrected chi connectivity index (χ0v) is 11.9. The molecule has 1 aromatic rings. The summed E-state index contributed by atoms with van der Waals surface area (Å²) in [6.45, 7) is -0.880. The van der Waals surface area contributed by atoms with Crippen molar-refractivity contribution in [3.63, 3.8) is 0 Å². The molecule has 1 aromatic carbocycles. The van der Waals surface area contributed by atoms with Crippen molar-refractivity contribution in [2.24, 2.45) is 0 Å². The SMILES string of the molecule is O=Cc1cc(Br)c(OCCOC(F)(F)F)c(Br)c1. The summed E-state index contributed by atoms with van der Waals surface area (Å²) < 4.78 is 44.7. The van der Waals surface area contributed by atoms with Crippen LogP contribution in [0.5, 0.6) is 5.75 Å². The van der Waals surface area contributed by atoms with Crippen LogP contribution >= 0.6 is 31.9 Å². The van der Waals surface area contributed by atoms with Crippen molar-refractivity contribution in [1.82, 2.24) is 0 Å². The smallest absolute Gasteiger partial charge is 0.489 e. The topological polar surface area (TPSA) is 35.5 Å². The average molecular weight is 392 g/mol. The molecular formula is C10H7Br2F3O3. The first-order valence-corrected chi connectivity index (χ1v) is 6.20. The predicted octanol–water partition coefficient (Wildman–Crippen LogP) is 3.94. The maximum absolute atomic E-state index is 11.7. The monoisotopic (exact) mass is 390 g/mol. The van der Waals surface area contributed by atoms with E-state index in [4.69, 9.17) is 4.74 Å². The Morgan fingerprint density at radius 1 is 1.17 bits per heavy atom. The van der Waals surface area contributed by atoms with Gasteiger partial charge in [0.1, 0.15) is 18.6 Å². The molecule has 0 atom stereocenters. The fourth-order valence-electron chi connectivity index (χ4n) is 1.09. The number of hydrogen-bond acceptors (Lipinski definition) is 3. The lowest BCUT2D eigenvalue weighted by Gasteiger charge is -2.12. The van der Waals surface area contributed by atoms with Gasteiger partial charge >= 0.3 is 6.36 Å².